The fourth-order valence-electron chi connectivity index (χ4n) is 1.31. The molecule has 0 heterocycles. The molecule has 0 aliphatic heterocycles. The summed E-state index contributed by atoms with van der Waals surface area (Å²) in [5.74, 6) is -1.23. The Morgan fingerprint density at radius 1 is 1.29 bits per heavy atom. The minimum absolute atomic E-state index is 0.246. The topological polar surface area (TPSA) is 32.3 Å². The number of benzene rings is 1. The van der Waals surface area contributed by atoms with Gasteiger partial charge in [0.25, 0.3) is 0 Å². The second kappa shape index (κ2) is 5.02. The molecule has 0 bridgehead atoms. The van der Waals surface area contributed by atoms with Gasteiger partial charge >= 0.3 is 0 Å². The maximum atomic E-state index is 12.7. The average Bonchev–Trinajstić information content (AvgIpc) is 2.01. The number of likely N-dealkylation sites (N-methyl/N-ethyl adjacent to an activating group) is 1. The second-order valence-corrected chi connectivity index (χ2v) is 3.19. The van der Waals surface area contributed by atoms with Gasteiger partial charge in [-0.25, -0.2) is 8.78 Å². The van der Waals surface area contributed by atoms with E-state index in [0.29, 0.717) is 12.1 Å². The third kappa shape index (κ3) is 3.40. The van der Waals surface area contributed by atoms with Crippen molar-refractivity contribution in [1.29, 1.82) is 0 Å². The second-order valence-electron chi connectivity index (χ2n) is 3.19. The van der Waals surface area contributed by atoms with E-state index in [9.17, 15) is 13.9 Å². The summed E-state index contributed by atoms with van der Waals surface area (Å²) in [6, 6.07) is 3.26. The van der Waals surface area contributed by atoms with Crippen LogP contribution in [0.15, 0.2) is 18.2 Å². The van der Waals surface area contributed by atoms with Gasteiger partial charge < -0.3 is 10.4 Å². The van der Waals surface area contributed by atoms with E-state index in [1.54, 1.807) is 7.05 Å². The molecule has 0 aromatic heterocycles. The van der Waals surface area contributed by atoms with E-state index in [4.69, 9.17) is 0 Å². The molecule has 1 aromatic rings. The molecule has 1 rings (SSSR count). The Labute approximate surface area is 81.6 Å². The molecule has 78 valence electrons. The molecule has 0 aliphatic rings. The molecule has 0 aliphatic carbocycles. The van der Waals surface area contributed by atoms with Crippen LogP contribution in [0.1, 0.15) is 5.56 Å². The molecule has 0 saturated carbocycles. The van der Waals surface area contributed by atoms with Crippen LogP contribution in [-0.2, 0) is 6.42 Å². The summed E-state index contributed by atoms with van der Waals surface area (Å²) >= 11 is 0. The van der Waals surface area contributed by atoms with Gasteiger partial charge in [-0.05, 0) is 31.2 Å². The first-order valence-corrected chi connectivity index (χ1v) is 4.39. The van der Waals surface area contributed by atoms with Gasteiger partial charge in [0.15, 0.2) is 0 Å². The number of hydrogen-bond donors (Lipinski definition) is 2. The van der Waals surface area contributed by atoms with Crippen LogP contribution in [0.4, 0.5) is 8.78 Å². The first-order chi connectivity index (χ1) is 6.61. The molecular weight excluding hydrogens is 188 g/mol. The van der Waals surface area contributed by atoms with Crippen molar-refractivity contribution in [2.45, 2.75) is 12.5 Å². The van der Waals surface area contributed by atoms with Crippen LogP contribution in [0.25, 0.3) is 0 Å². The SMILES string of the molecule is CNCC(O)Cc1cc(F)cc(F)c1. The smallest absolute Gasteiger partial charge is 0.126 e. The molecule has 1 unspecified atom stereocenters. The zero-order valence-corrected chi connectivity index (χ0v) is 7.93. The molecule has 0 fully saturated rings. The quantitative estimate of drug-likeness (QED) is 0.764. The summed E-state index contributed by atoms with van der Waals surface area (Å²) in [5.41, 5.74) is 0.463. The van der Waals surface area contributed by atoms with Crippen molar-refractivity contribution in [2.75, 3.05) is 13.6 Å². The largest absolute Gasteiger partial charge is 0.391 e. The van der Waals surface area contributed by atoms with Crippen molar-refractivity contribution < 1.29 is 13.9 Å². The van der Waals surface area contributed by atoms with E-state index < -0.39 is 17.7 Å². The highest BCUT2D eigenvalue weighted by molar-refractivity contribution is 5.18. The van der Waals surface area contributed by atoms with Crippen molar-refractivity contribution in [2.24, 2.45) is 0 Å². The summed E-state index contributed by atoms with van der Waals surface area (Å²) in [5, 5.41) is 12.2. The van der Waals surface area contributed by atoms with Crippen molar-refractivity contribution >= 4 is 0 Å². The lowest BCUT2D eigenvalue weighted by molar-refractivity contribution is 0.174. The van der Waals surface area contributed by atoms with Crippen LogP contribution in [0.3, 0.4) is 0 Å². The lowest BCUT2D eigenvalue weighted by atomic mass is 10.1. The summed E-state index contributed by atoms with van der Waals surface area (Å²) in [7, 11) is 1.70. The first-order valence-electron chi connectivity index (χ1n) is 4.39. The van der Waals surface area contributed by atoms with Gasteiger partial charge in [-0.1, -0.05) is 0 Å². The highest BCUT2D eigenvalue weighted by atomic mass is 19.1. The van der Waals surface area contributed by atoms with E-state index in [-0.39, 0.29) is 6.42 Å². The Bertz CT molecular complexity index is 284. The van der Waals surface area contributed by atoms with Gasteiger partial charge in [0.05, 0.1) is 6.10 Å². The maximum Gasteiger partial charge on any atom is 0.126 e. The lowest BCUT2D eigenvalue weighted by Gasteiger charge is -2.09. The molecule has 0 saturated heterocycles. The number of halogens is 2. The zero-order chi connectivity index (χ0) is 10.6. The third-order valence-electron chi connectivity index (χ3n) is 1.83. The lowest BCUT2D eigenvalue weighted by Crippen LogP contribution is -2.25. The first kappa shape index (κ1) is 11.1. The Hall–Kier alpha value is -1.00. The molecule has 0 spiro atoms. The van der Waals surface area contributed by atoms with Crippen molar-refractivity contribution in [3.8, 4) is 0 Å². The minimum Gasteiger partial charge on any atom is -0.391 e. The van der Waals surface area contributed by atoms with Crippen molar-refractivity contribution in [3.05, 3.63) is 35.4 Å². The fraction of sp³-hybridized carbons (Fsp3) is 0.400. The Morgan fingerprint density at radius 2 is 1.86 bits per heavy atom. The Kier molecular flexibility index (Phi) is 3.98. The van der Waals surface area contributed by atoms with E-state index in [0.717, 1.165) is 6.07 Å². The van der Waals surface area contributed by atoms with Gasteiger partial charge in [0.2, 0.25) is 0 Å². The molecule has 2 nitrogen and oxygen atoms in total. The zero-order valence-electron chi connectivity index (χ0n) is 7.93. The number of hydrogen-bond acceptors (Lipinski definition) is 2. The van der Waals surface area contributed by atoms with E-state index in [2.05, 4.69) is 5.32 Å². The Morgan fingerprint density at radius 3 is 2.36 bits per heavy atom. The fourth-order valence-corrected chi connectivity index (χ4v) is 1.31. The van der Waals surface area contributed by atoms with Gasteiger partial charge in [-0.3, -0.25) is 0 Å². The van der Waals surface area contributed by atoms with Gasteiger partial charge in [0.1, 0.15) is 11.6 Å². The van der Waals surface area contributed by atoms with Gasteiger partial charge in [-0.2, -0.15) is 0 Å². The normalized spacial score (nSPS) is 12.9. The average molecular weight is 201 g/mol. The molecule has 1 atom stereocenters. The van der Waals surface area contributed by atoms with Crippen LogP contribution < -0.4 is 5.32 Å². The predicted molar refractivity (Wildman–Crippen MR) is 50.0 cm³/mol. The monoisotopic (exact) mass is 201 g/mol. The van der Waals surface area contributed by atoms with Crippen LogP contribution >= 0.6 is 0 Å². The molecule has 2 N–H and O–H groups in total. The molecule has 1 aromatic carbocycles. The number of nitrogens with one attached hydrogen (secondary N) is 1. The Balaban J connectivity index is 2.66. The molecule has 4 heteroatoms. The number of aliphatic hydroxyl groups is 1. The number of rotatable bonds is 4. The molecule has 14 heavy (non-hydrogen) atoms. The van der Waals surface area contributed by atoms with Crippen LogP contribution in [0.2, 0.25) is 0 Å². The van der Waals surface area contributed by atoms with Crippen LogP contribution in [0, 0.1) is 11.6 Å². The highest BCUT2D eigenvalue weighted by Gasteiger charge is 2.06. The van der Waals surface area contributed by atoms with E-state index in [1.807, 2.05) is 0 Å². The number of aliphatic hydroxyl groups excluding tert-OH is 1. The highest BCUT2D eigenvalue weighted by Crippen LogP contribution is 2.09. The predicted octanol–water partition coefficient (Wildman–Crippen LogP) is 1.09. The molecular formula is C10H13F2NO. The maximum absolute atomic E-state index is 12.7. The molecule has 0 radical (unpaired) electrons. The van der Waals surface area contributed by atoms with Crippen LogP contribution in [0.5, 0.6) is 0 Å². The van der Waals surface area contributed by atoms with Gasteiger partial charge in [0, 0.05) is 12.6 Å². The summed E-state index contributed by atoms with van der Waals surface area (Å²) < 4.78 is 25.5. The minimum atomic E-state index is -0.624. The molecule has 0 amide bonds. The van der Waals surface area contributed by atoms with E-state index >= 15 is 0 Å². The third-order valence-corrected chi connectivity index (χ3v) is 1.83. The van der Waals surface area contributed by atoms with E-state index in [1.165, 1.54) is 12.1 Å². The standard InChI is InChI=1S/C10H13F2NO/c1-13-6-10(14)4-7-2-8(11)5-9(12)3-7/h2-3,5,10,13-14H,4,6H2,1H3. The van der Waals surface area contributed by atoms with Gasteiger partial charge in [-0.15, -0.1) is 0 Å². The van der Waals surface area contributed by atoms with Crippen LogP contribution in [-0.4, -0.2) is 24.8 Å². The van der Waals surface area contributed by atoms with Crippen molar-refractivity contribution in [3.63, 3.8) is 0 Å². The van der Waals surface area contributed by atoms with Crippen molar-refractivity contribution in [1.82, 2.24) is 5.32 Å². The summed E-state index contributed by atoms with van der Waals surface area (Å²) in [6.45, 7) is 0.401. The summed E-state index contributed by atoms with van der Waals surface area (Å²) in [4.78, 5) is 0. The summed E-state index contributed by atoms with van der Waals surface area (Å²) in [6.07, 6.45) is -0.378.